The average molecular weight is 341 g/mol. The molecule has 2 rings (SSSR count). The summed E-state index contributed by atoms with van der Waals surface area (Å²) in [6, 6.07) is 8.61. The van der Waals surface area contributed by atoms with E-state index in [1.54, 1.807) is 0 Å². The van der Waals surface area contributed by atoms with Crippen LogP contribution in [0.25, 0.3) is 0 Å². The van der Waals surface area contributed by atoms with Crippen LogP contribution in [0.2, 0.25) is 0 Å². The van der Waals surface area contributed by atoms with E-state index in [2.05, 4.69) is 63.5 Å². The van der Waals surface area contributed by atoms with Gasteiger partial charge in [0.15, 0.2) is 0 Å². The molecule has 1 N–H and O–H groups in total. The molecule has 0 spiro atoms. The smallest absolute Gasteiger partial charge is 0.0522 e. The van der Waals surface area contributed by atoms with Gasteiger partial charge in [-0.15, -0.1) is 0 Å². The Kier molecular flexibility index (Phi) is 4.56. The molecular formula is C13H16IN3. The highest BCUT2D eigenvalue weighted by Gasteiger charge is 1.96. The molecule has 0 aliphatic carbocycles. The molecule has 1 heterocycles. The molecular weight excluding hydrogens is 325 g/mol. The topological polar surface area (TPSA) is 29.9 Å². The minimum absolute atomic E-state index is 0.928. The van der Waals surface area contributed by atoms with Crippen molar-refractivity contribution in [2.75, 3.05) is 6.54 Å². The average Bonchev–Trinajstić information content (AvgIpc) is 2.73. The van der Waals surface area contributed by atoms with Crippen molar-refractivity contribution in [1.29, 1.82) is 0 Å². The maximum Gasteiger partial charge on any atom is 0.0522 e. The summed E-state index contributed by atoms with van der Waals surface area (Å²) in [5.74, 6) is 0. The van der Waals surface area contributed by atoms with E-state index in [4.69, 9.17) is 0 Å². The third-order valence-electron chi connectivity index (χ3n) is 2.59. The SMILES string of the molecule is Cn1cc(CCNCc2ccc(I)cc2)cn1. The lowest BCUT2D eigenvalue weighted by molar-refractivity contribution is 0.686. The molecule has 0 saturated heterocycles. The number of benzene rings is 1. The second-order valence-corrected chi connectivity index (χ2v) is 5.32. The second kappa shape index (κ2) is 6.16. The molecule has 0 saturated carbocycles. The van der Waals surface area contributed by atoms with Gasteiger partial charge in [0.25, 0.3) is 0 Å². The fraction of sp³-hybridized carbons (Fsp3) is 0.308. The summed E-state index contributed by atoms with van der Waals surface area (Å²) in [4.78, 5) is 0. The van der Waals surface area contributed by atoms with E-state index in [-0.39, 0.29) is 0 Å². The molecule has 3 nitrogen and oxygen atoms in total. The van der Waals surface area contributed by atoms with Gasteiger partial charge in [-0.2, -0.15) is 5.10 Å². The van der Waals surface area contributed by atoms with Crippen LogP contribution in [0.5, 0.6) is 0 Å². The molecule has 2 aromatic rings. The second-order valence-electron chi connectivity index (χ2n) is 4.08. The molecule has 0 bridgehead atoms. The van der Waals surface area contributed by atoms with Gasteiger partial charge in [0.1, 0.15) is 0 Å². The van der Waals surface area contributed by atoms with E-state index in [1.165, 1.54) is 14.7 Å². The van der Waals surface area contributed by atoms with E-state index in [1.807, 2.05) is 17.9 Å². The lowest BCUT2D eigenvalue weighted by Crippen LogP contribution is -2.16. The van der Waals surface area contributed by atoms with E-state index in [9.17, 15) is 0 Å². The van der Waals surface area contributed by atoms with Crippen molar-refractivity contribution in [3.8, 4) is 0 Å². The highest BCUT2D eigenvalue weighted by molar-refractivity contribution is 14.1. The minimum Gasteiger partial charge on any atom is -0.312 e. The highest BCUT2D eigenvalue weighted by atomic mass is 127. The first-order valence-electron chi connectivity index (χ1n) is 5.67. The molecule has 0 amide bonds. The van der Waals surface area contributed by atoms with E-state index in [0.29, 0.717) is 0 Å². The van der Waals surface area contributed by atoms with Gasteiger partial charge in [-0.3, -0.25) is 4.68 Å². The van der Waals surface area contributed by atoms with Crippen LogP contribution in [0.1, 0.15) is 11.1 Å². The molecule has 0 radical (unpaired) electrons. The fourth-order valence-electron chi connectivity index (χ4n) is 1.67. The Morgan fingerprint density at radius 1 is 1.24 bits per heavy atom. The van der Waals surface area contributed by atoms with Gasteiger partial charge in [-0.1, -0.05) is 12.1 Å². The number of nitrogens with zero attached hydrogens (tertiary/aromatic N) is 2. The Balaban J connectivity index is 1.71. The summed E-state index contributed by atoms with van der Waals surface area (Å²) in [6.07, 6.45) is 5.01. The zero-order valence-electron chi connectivity index (χ0n) is 9.86. The van der Waals surface area contributed by atoms with Gasteiger partial charge in [0, 0.05) is 23.4 Å². The van der Waals surface area contributed by atoms with Crippen LogP contribution >= 0.6 is 22.6 Å². The van der Waals surface area contributed by atoms with Crippen LogP contribution in [0.4, 0.5) is 0 Å². The molecule has 0 fully saturated rings. The van der Waals surface area contributed by atoms with E-state index in [0.717, 1.165) is 19.5 Å². The monoisotopic (exact) mass is 341 g/mol. The standard InChI is InChI=1S/C13H16IN3/c1-17-10-12(9-16-17)6-7-15-8-11-2-4-13(14)5-3-11/h2-5,9-10,15H,6-8H2,1H3. The number of nitrogens with one attached hydrogen (secondary N) is 1. The summed E-state index contributed by atoms with van der Waals surface area (Å²) in [5, 5.41) is 7.59. The Hall–Kier alpha value is -0.880. The van der Waals surface area contributed by atoms with Crippen LogP contribution in [-0.4, -0.2) is 16.3 Å². The Morgan fingerprint density at radius 2 is 2.00 bits per heavy atom. The van der Waals surface area contributed by atoms with Gasteiger partial charge in [-0.25, -0.2) is 0 Å². The normalized spacial score (nSPS) is 10.7. The van der Waals surface area contributed by atoms with Gasteiger partial charge in [0.05, 0.1) is 6.20 Å². The Morgan fingerprint density at radius 3 is 2.65 bits per heavy atom. The van der Waals surface area contributed by atoms with Crippen LogP contribution < -0.4 is 5.32 Å². The number of halogens is 1. The Labute approximate surface area is 115 Å². The molecule has 0 atom stereocenters. The van der Waals surface area contributed by atoms with Gasteiger partial charge in [0.2, 0.25) is 0 Å². The zero-order valence-corrected chi connectivity index (χ0v) is 12.0. The van der Waals surface area contributed by atoms with Crippen molar-refractivity contribution >= 4 is 22.6 Å². The van der Waals surface area contributed by atoms with Crippen molar-refractivity contribution in [3.63, 3.8) is 0 Å². The van der Waals surface area contributed by atoms with Crippen LogP contribution in [0, 0.1) is 3.57 Å². The number of rotatable bonds is 5. The largest absolute Gasteiger partial charge is 0.312 e. The van der Waals surface area contributed by atoms with Crippen molar-refractivity contribution < 1.29 is 0 Å². The third-order valence-corrected chi connectivity index (χ3v) is 3.31. The van der Waals surface area contributed by atoms with Crippen molar-refractivity contribution in [3.05, 3.63) is 51.4 Å². The minimum atomic E-state index is 0.928. The lowest BCUT2D eigenvalue weighted by atomic mass is 10.2. The fourth-order valence-corrected chi connectivity index (χ4v) is 2.03. The number of aryl methyl sites for hydroxylation is 1. The van der Waals surface area contributed by atoms with Crippen molar-refractivity contribution in [2.45, 2.75) is 13.0 Å². The molecule has 0 unspecified atom stereocenters. The first-order valence-corrected chi connectivity index (χ1v) is 6.74. The third kappa shape index (κ3) is 4.12. The number of hydrogen-bond donors (Lipinski definition) is 1. The summed E-state index contributed by atoms with van der Waals surface area (Å²) < 4.78 is 3.12. The van der Waals surface area contributed by atoms with Crippen LogP contribution in [0.15, 0.2) is 36.7 Å². The first-order chi connectivity index (χ1) is 8.24. The van der Waals surface area contributed by atoms with E-state index >= 15 is 0 Å². The highest BCUT2D eigenvalue weighted by Crippen LogP contribution is 2.06. The van der Waals surface area contributed by atoms with Crippen LogP contribution in [-0.2, 0) is 20.0 Å². The molecule has 90 valence electrons. The predicted molar refractivity (Wildman–Crippen MR) is 77.8 cm³/mol. The summed E-state index contributed by atoms with van der Waals surface area (Å²) in [7, 11) is 1.95. The molecule has 4 heteroatoms. The quantitative estimate of drug-likeness (QED) is 0.668. The maximum absolute atomic E-state index is 4.15. The maximum atomic E-state index is 4.15. The first kappa shape index (κ1) is 12.6. The van der Waals surface area contributed by atoms with Gasteiger partial charge < -0.3 is 5.32 Å². The van der Waals surface area contributed by atoms with Crippen molar-refractivity contribution in [1.82, 2.24) is 15.1 Å². The lowest BCUT2D eigenvalue weighted by Gasteiger charge is -2.04. The van der Waals surface area contributed by atoms with Gasteiger partial charge in [-0.05, 0) is 58.8 Å². The molecule has 0 aliphatic rings. The molecule has 17 heavy (non-hydrogen) atoms. The predicted octanol–water partition coefficient (Wildman–Crippen LogP) is 2.36. The summed E-state index contributed by atoms with van der Waals surface area (Å²) >= 11 is 2.32. The van der Waals surface area contributed by atoms with Gasteiger partial charge >= 0.3 is 0 Å². The zero-order chi connectivity index (χ0) is 12.1. The number of aromatic nitrogens is 2. The van der Waals surface area contributed by atoms with Crippen LogP contribution in [0.3, 0.4) is 0 Å². The summed E-state index contributed by atoms with van der Waals surface area (Å²) in [5.41, 5.74) is 2.61. The number of hydrogen-bond acceptors (Lipinski definition) is 2. The molecule has 0 aliphatic heterocycles. The molecule has 1 aromatic heterocycles. The van der Waals surface area contributed by atoms with E-state index < -0.39 is 0 Å². The summed E-state index contributed by atoms with van der Waals surface area (Å²) in [6.45, 7) is 1.91. The van der Waals surface area contributed by atoms with Crippen molar-refractivity contribution in [2.24, 2.45) is 7.05 Å². The Bertz CT molecular complexity index is 462. The molecule has 1 aromatic carbocycles.